The molecule has 0 saturated carbocycles. The highest BCUT2D eigenvalue weighted by atomic mass is 16.6. The van der Waals surface area contributed by atoms with E-state index >= 15 is 0 Å². The molecule has 2 heterocycles. The largest absolute Gasteiger partial charge is 0.443 e. The molecule has 1 fully saturated rings. The third-order valence-corrected chi connectivity index (χ3v) is 3.93. The molecule has 1 aliphatic rings. The Balaban J connectivity index is 1.74. The van der Waals surface area contributed by atoms with Gasteiger partial charge in [0.05, 0.1) is 6.54 Å². The highest BCUT2D eigenvalue weighted by Crippen LogP contribution is 2.30. The Morgan fingerprint density at radius 3 is 2.38 bits per heavy atom. The molecular formula is C20H20N2O2. The Morgan fingerprint density at radius 1 is 1.08 bits per heavy atom. The Hall–Kier alpha value is -2.80. The van der Waals surface area contributed by atoms with Crippen LogP contribution in [0.2, 0.25) is 0 Å². The number of rotatable bonds is 1. The Labute approximate surface area is 142 Å². The van der Waals surface area contributed by atoms with E-state index in [1.807, 2.05) is 36.4 Å². The summed E-state index contributed by atoms with van der Waals surface area (Å²) in [6.07, 6.45) is 1.21. The molecule has 0 spiro atoms. The standard InChI is InChI=1S/C20H20N2O2/c1-20(2,3)17-14-22(19(23)24-17)18-12-11-16(13-21-18)10-9-15-7-5-4-6-8-15/h4-8,11-13,17H,14H2,1-3H3. The molecule has 1 aliphatic heterocycles. The maximum absolute atomic E-state index is 12.1. The zero-order valence-electron chi connectivity index (χ0n) is 14.1. The number of amides is 1. The van der Waals surface area contributed by atoms with Crippen molar-refractivity contribution in [2.45, 2.75) is 26.9 Å². The fourth-order valence-electron chi connectivity index (χ4n) is 2.39. The number of cyclic esters (lactones) is 1. The van der Waals surface area contributed by atoms with E-state index in [1.165, 1.54) is 0 Å². The first-order chi connectivity index (χ1) is 11.4. The number of nitrogens with zero attached hydrogens (tertiary/aromatic N) is 2. The summed E-state index contributed by atoms with van der Waals surface area (Å²) in [7, 11) is 0. The van der Waals surface area contributed by atoms with Crippen LogP contribution in [-0.2, 0) is 4.74 Å². The molecule has 0 aliphatic carbocycles. The van der Waals surface area contributed by atoms with Crippen molar-refractivity contribution >= 4 is 11.9 Å². The van der Waals surface area contributed by atoms with Crippen molar-refractivity contribution in [2.75, 3.05) is 11.4 Å². The van der Waals surface area contributed by atoms with E-state index in [0.29, 0.717) is 12.4 Å². The predicted molar refractivity (Wildman–Crippen MR) is 93.7 cm³/mol. The molecule has 0 bridgehead atoms. The maximum atomic E-state index is 12.1. The zero-order valence-corrected chi connectivity index (χ0v) is 14.1. The normalized spacial score (nSPS) is 17.2. The summed E-state index contributed by atoms with van der Waals surface area (Å²) in [6.45, 7) is 6.70. The summed E-state index contributed by atoms with van der Waals surface area (Å²) in [5.74, 6) is 6.76. The Kier molecular flexibility index (Phi) is 4.26. The van der Waals surface area contributed by atoms with Crippen LogP contribution in [0.4, 0.5) is 10.6 Å². The molecular weight excluding hydrogens is 300 g/mol. The van der Waals surface area contributed by atoms with E-state index in [1.54, 1.807) is 17.2 Å². The van der Waals surface area contributed by atoms with Gasteiger partial charge in [0.2, 0.25) is 0 Å². The molecule has 1 atom stereocenters. The van der Waals surface area contributed by atoms with Gasteiger partial charge in [-0.1, -0.05) is 50.8 Å². The van der Waals surface area contributed by atoms with Gasteiger partial charge in [-0.2, -0.15) is 0 Å². The lowest BCUT2D eigenvalue weighted by atomic mass is 9.89. The van der Waals surface area contributed by atoms with Crippen molar-refractivity contribution in [3.63, 3.8) is 0 Å². The van der Waals surface area contributed by atoms with Gasteiger partial charge < -0.3 is 4.74 Å². The number of hydrogen-bond acceptors (Lipinski definition) is 3. The molecule has 0 radical (unpaired) electrons. The van der Waals surface area contributed by atoms with E-state index < -0.39 is 0 Å². The third kappa shape index (κ3) is 3.57. The first kappa shape index (κ1) is 16.1. The van der Waals surface area contributed by atoms with Crippen molar-refractivity contribution in [2.24, 2.45) is 5.41 Å². The lowest BCUT2D eigenvalue weighted by Gasteiger charge is -2.24. The van der Waals surface area contributed by atoms with Crippen LogP contribution in [0.3, 0.4) is 0 Å². The van der Waals surface area contributed by atoms with Gasteiger partial charge >= 0.3 is 6.09 Å². The second kappa shape index (κ2) is 6.37. The summed E-state index contributed by atoms with van der Waals surface area (Å²) in [5.41, 5.74) is 1.67. The van der Waals surface area contributed by atoms with E-state index in [9.17, 15) is 4.79 Å². The molecule has 1 saturated heterocycles. The summed E-state index contributed by atoms with van der Waals surface area (Å²) in [4.78, 5) is 18.0. The molecule has 3 rings (SSSR count). The third-order valence-electron chi connectivity index (χ3n) is 3.93. The van der Waals surface area contributed by atoms with E-state index in [-0.39, 0.29) is 17.6 Å². The molecule has 4 heteroatoms. The van der Waals surface area contributed by atoms with Gasteiger partial charge in [-0.05, 0) is 24.3 Å². The first-order valence-electron chi connectivity index (χ1n) is 7.95. The number of benzene rings is 1. The van der Waals surface area contributed by atoms with Crippen LogP contribution < -0.4 is 4.90 Å². The van der Waals surface area contributed by atoms with Gasteiger partial charge in [0.15, 0.2) is 0 Å². The van der Waals surface area contributed by atoms with Crippen LogP contribution in [0.15, 0.2) is 48.7 Å². The summed E-state index contributed by atoms with van der Waals surface area (Å²) in [5, 5.41) is 0. The summed E-state index contributed by atoms with van der Waals surface area (Å²) in [6, 6.07) is 13.5. The van der Waals surface area contributed by atoms with Crippen LogP contribution in [0.25, 0.3) is 0 Å². The number of pyridine rings is 1. The first-order valence-corrected chi connectivity index (χ1v) is 7.95. The van der Waals surface area contributed by atoms with Gasteiger partial charge in [-0.15, -0.1) is 0 Å². The number of carbonyl (C=O) groups is 1. The molecule has 1 unspecified atom stereocenters. The van der Waals surface area contributed by atoms with Gasteiger partial charge in [0.25, 0.3) is 0 Å². The van der Waals surface area contributed by atoms with E-state index in [4.69, 9.17) is 4.74 Å². The van der Waals surface area contributed by atoms with Crippen LogP contribution in [0, 0.1) is 17.3 Å². The number of carbonyl (C=O) groups excluding carboxylic acids is 1. The molecule has 1 amide bonds. The van der Waals surface area contributed by atoms with Crippen molar-refractivity contribution < 1.29 is 9.53 Å². The minimum Gasteiger partial charge on any atom is -0.443 e. The predicted octanol–water partition coefficient (Wildman–Crippen LogP) is 3.85. The van der Waals surface area contributed by atoms with Crippen LogP contribution >= 0.6 is 0 Å². The monoisotopic (exact) mass is 320 g/mol. The lowest BCUT2D eigenvalue weighted by Crippen LogP contribution is -2.31. The second-order valence-electron chi connectivity index (χ2n) is 6.87. The number of anilines is 1. The molecule has 122 valence electrons. The van der Waals surface area contributed by atoms with Gasteiger partial charge in [0.1, 0.15) is 11.9 Å². The molecule has 1 aromatic carbocycles. The second-order valence-corrected chi connectivity index (χ2v) is 6.87. The minimum atomic E-state index is -0.342. The average molecular weight is 320 g/mol. The summed E-state index contributed by atoms with van der Waals surface area (Å²) >= 11 is 0. The summed E-state index contributed by atoms with van der Waals surface area (Å²) < 4.78 is 5.45. The highest BCUT2D eigenvalue weighted by molar-refractivity contribution is 5.88. The highest BCUT2D eigenvalue weighted by Gasteiger charge is 2.39. The van der Waals surface area contributed by atoms with Crippen LogP contribution in [0.1, 0.15) is 31.9 Å². The number of ether oxygens (including phenoxy) is 1. The maximum Gasteiger partial charge on any atom is 0.415 e. The molecule has 1 aromatic heterocycles. The fourth-order valence-corrected chi connectivity index (χ4v) is 2.39. The molecule has 0 N–H and O–H groups in total. The lowest BCUT2D eigenvalue weighted by molar-refractivity contribution is 0.0728. The van der Waals surface area contributed by atoms with Crippen molar-refractivity contribution in [3.05, 3.63) is 59.8 Å². The Bertz CT molecular complexity index is 780. The number of hydrogen-bond donors (Lipinski definition) is 0. The Morgan fingerprint density at radius 2 is 1.79 bits per heavy atom. The van der Waals surface area contributed by atoms with Crippen LogP contribution in [0.5, 0.6) is 0 Å². The topological polar surface area (TPSA) is 42.4 Å². The molecule has 4 nitrogen and oxygen atoms in total. The quantitative estimate of drug-likeness (QED) is 0.750. The zero-order chi connectivity index (χ0) is 17.2. The van der Waals surface area contributed by atoms with Crippen molar-refractivity contribution in [1.29, 1.82) is 0 Å². The average Bonchev–Trinajstić information content (AvgIpc) is 2.97. The SMILES string of the molecule is CC(C)(C)C1CN(c2ccc(C#Cc3ccccc3)cn2)C(=O)O1. The fraction of sp³-hybridized carbons (Fsp3) is 0.300. The van der Waals surface area contributed by atoms with Gasteiger partial charge in [0, 0.05) is 22.7 Å². The van der Waals surface area contributed by atoms with E-state index in [0.717, 1.165) is 11.1 Å². The van der Waals surface area contributed by atoms with Crippen LogP contribution in [-0.4, -0.2) is 23.7 Å². The van der Waals surface area contributed by atoms with Crippen molar-refractivity contribution in [1.82, 2.24) is 4.98 Å². The number of aromatic nitrogens is 1. The van der Waals surface area contributed by atoms with Crippen molar-refractivity contribution in [3.8, 4) is 11.8 Å². The molecule has 2 aromatic rings. The van der Waals surface area contributed by atoms with Gasteiger partial charge in [-0.3, -0.25) is 4.90 Å². The minimum absolute atomic E-state index is 0.0918. The molecule has 24 heavy (non-hydrogen) atoms. The van der Waals surface area contributed by atoms with E-state index in [2.05, 4.69) is 37.6 Å². The smallest absolute Gasteiger partial charge is 0.415 e. The van der Waals surface area contributed by atoms with Gasteiger partial charge in [-0.25, -0.2) is 9.78 Å².